The summed E-state index contributed by atoms with van der Waals surface area (Å²) in [6.45, 7) is 8.79. The smallest absolute Gasteiger partial charge is 0.129 e. The molecule has 1 aromatic carbocycles. The minimum atomic E-state index is -0.247. The van der Waals surface area contributed by atoms with E-state index in [-0.39, 0.29) is 11.4 Å². The maximum atomic E-state index is 13.4. The highest BCUT2D eigenvalue weighted by Crippen LogP contribution is 2.14. The molecule has 0 unspecified atom stereocenters. The van der Waals surface area contributed by atoms with Crippen LogP contribution < -0.4 is 10.6 Å². The summed E-state index contributed by atoms with van der Waals surface area (Å²) in [7, 11) is 0. The number of nitrogens with one attached hydrogen (secondary N) is 2. The van der Waals surface area contributed by atoms with E-state index < -0.39 is 0 Å². The Bertz CT molecular complexity index is 375. The second-order valence-corrected chi connectivity index (χ2v) is 5.88. The highest BCUT2D eigenvalue weighted by atomic mass is 35.5. The molecular weight excluding hydrogens is 251 g/mol. The van der Waals surface area contributed by atoms with Crippen molar-refractivity contribution in [2.75, 3.05) is 13.1 Å². The van der Waals surface area contributed by atoms with Crippen molar-refractivity contribution in [2.24, 2.45) is 0 Å². The number of benzene rings is 1. The van der Waals surface area contributed by atoms with Gasteiger partial charge in [-0.3, -0.25) is 0 Å². The fourth-order valence-electron chi connectivity index (χ4n) is 1.56. The highest BCUT2D eigenvalue weighted by molar-refractivity contribution is 6.30. The van der Waals surface area contributed by atoms with Crippen LogP contribution in [-0.2, 0) is 6.54 Å². The number of hydrogen-bond acceptors (Lipinski definition) is 2. The van der Waals surface area contributed by atoms with Crippen molar-refractivity contribution in [3.63, 3.8) is 0 Å². The number of rotatable bonds is 6. The van der Waals surface area contributed by atoms with Gasteiger partial charge in [0.1, 0.15) is 5.82 Å². The van der Waals surface area contributed by atoms with Gasteiger partial charge in [0.15, 0.2) is 0 Å². The SMILES string of the molecule is CC(C)(C)NCCCNCc1ccc(Cl)cc1F. The van der Waals surface area contributed by atoms with Gasteiger partial charge in [-0.15, -0.1) is 0 Å². The molecule has 2 nitrogen and oxygen atoms in total. The highest BCUT2D eigenvalue weighted by Gasteiger charge is 2.07. The van der Waals surface area contributed by atoms with E-state index in [0.717, 1.165) is 19.5 Å². The summed E-state index contributed by atoms with van der Waals surface area (Å²) in [5.41, 5.74) is 0.811. The quantitative estimate of drug-likeness (QED) is 0.776. The van der Waals surface area contributed by atoms with E-state index in [4.69, 9.17) is 11.6 Å². The zero-order chi connectivity index (χ0) is 13.6. The van der Waals surface area contributed by atoms with Crippen LogP contribution in [0.5, 0.6) is 0 Å². The summed E-state index contributed by atoms with van der Waals surface area (Å²) in [6, 6.07) is 4.78. The lowest BCUT2D eigenvalue weighted by Gasteiger charge is -2.20. The minimum Gasteiger partial charge on any atom is -0.313 e. The van der Waals surface area contributed by atoms with Crippen molar-refractivity contribution in [1.82, 2.24) is 10.6 Å². The molecule has 1 aromatic rings. The second kappa shape index (κ2) is 7.07. The van der Waals surface area contributed by atoms with Crippen LogP contribution in [0.2, 0.25) is 5.02 Å². The molecule has 4 heteroatoms. The predicted molar refractivity (Wildman–Crippen MR) is 75.5 cm³/mol. The van der Waals surface area contributed by atoms with E-state index in [1.54, 1.807) is 12.1 Å². The Kier molecular flexibility index (Phi) is 6.06. The first-order valence-corrected chi connectivity index (χ1v) is 6.66. The molecule has 0 spiro atoms. The van der Waals surface area contributed by atoms with Crippen molar-refractivity contribution in [3.05, 3.63) is 34.6 Å². The van der Waals surface area contributed by atoms with Crippen LogP contribution in [0.15, 0.2) is 18.2 Å². The fraction of sp³-hybridized carbons (Fsp3) is 0.571. The van der Waals surface area contributed by atoms with Gasteiger partial charge in [-0.05, 0) is 52.4 Å². The summed E-state index contributed by atoms with van der Waals surface area (Å²) in [5.74, 6) is -0.247. The normalized spacial score (nSPS) is 11.8. The summed E-state index contributed by atoms with van der Waals surface area (Å²) in [5, 5.41) is 7.07. The first-order valence-electron chi connectivity index (χ1n) is 6.28. The molecule has 0 heterocycles. The maximum absolute atomic E-state index is 13.4. The monoisotopic (exact) mass is 272 g/mol. The molecule has 0 aliphatic rings. The molecule has 0 saturated carbocycles. The maximum Gasteiger partial charge on any atom is 0.129 e. The van der Waals surface area contributed by atoms with Crippen molar-refractivity contribution in [3.8, 4) is 0 Å². The summed E-state index contributed by atoms with van der Waals surface area (Å²) >= 11 is 5.69. The van der Waals surface area contributed by atoms with Crippen LogP contribution in [-0.4, -0.2) is 18.6 Å². The van der Waals surface area contributed by atoms with Gasteiger partial charge in [-0.2, -0.15) is 0 Å². The Morgan fingerprint density at radius 3 is 2.56 bits per heavy atom. The topological polar surface area (TPSA) is 24.1 Å². The number of hydrogen-bond donors (Lipinski definition) is 2. The van der Waals surface area contributed by atoms with Crippen LogP contribution in [0.4, 0.5) is 4.39 Å². The van der Waals surface area contributed by atoms with Gasteiger partial charge in [0.25, 0.3) is 0 Å². The van der Waals surface area contributed by atoms with Gasteiger partial charge in [0, 0.05) is 22.7 Å². The van der Waals surface area contributed by atoms with E-state index in [2.05, 4.69) is 31.4 Å². The molecule has 0 bridgehead atoms. The van der Waals surface area contributed by atoms with Crippen molar-refractivity contribution in [1.29, 1.82) is 0 Å². The molecule has 2 N–H and O–H groups in total. The molecule has 0 aromatic heterocycles. The van der Waals surface area contributed by atoms with Gasteiger partial charge in [0.05, 0.1) is 0 Å². The Morgan fingerprint density at radius 2 is 1.94 bits per heavy atom. The zero-order valence-electron chi connectivity index (χ0n) is 11.3. The molecule has 0 aliphatic carbocycles. The Labute approximate surface area is 114 Å². The Balaban J connectivity index is 2.18. The molecule has 18 heavy (non-hydrogen) atoms. The molecule has 102 valence electrons. The van der Waals surface area contributed by atoms with Crippen LogP contribution in [0.1, 0.15) is 32.8 Å². The van der Waals surface area contributed by atoms with Gasteiger partial charge in [0.2, 0.25) is 0 Å². The summed E-state index contributed by atoms with van der Waals surface area (Å²) in [4.78, 5) is 0. The first kappa shape index (κ1) is 15.4. The van der Waals surface area contributed by atoms with E-state index in [0.29, 0.717) is 17.1 Å². The standard InChI is InChI=1S/C14H22ClFN2/c1-14(2,3)18-8-4-7-17-10-11-5-6-12(15)9-13(11)16/h5-6,9,17-18H,4,7-8,10H2,1-3H3. The van der Waals surface area contributed by atoms with Crippen LogP contribution >= 0.6 is 11.6 Å². The van der Waals surface area contributed by atoms with Gasteiger partial charge < -0.3 is 10.6 Å². The number of halogens is 2. The Hall–Kier alpha value is -0.640. The predicted octanol–water partition coefficient (Wildman–Crippen LogP) is 3.35. The third kappa shape index (κ3) is 6.34. The third-order valence-electron chi connectivity index (χ3n) is 2.52. The Morgan fingerprint density at radius 1 is 1.22 bits per heavy atom. The average Bonchev–Trinajstić information content (AvgIpc) is 2.24. The first-order chi connectivity index (χ1) is 8.38. The summed E-state index contributed by atoms with van der Waals surface area (Å²) in [6.07, 6.45) is 1.02. The molecule has 0 aliphatic heterocycles. The van der Waals surface area contributed by atoms with Gasteiger partial charge >= 0.3 is 0 Å². The van der Waals surface area contributed by atoms with Crippen LogP contribution in [0.25, 0.3) is 0 Å². The molecule has 0 radical (unpaired) electrons. The third-order valence-corrected chi connectivity index (χ3v) is 2.75. The van der Waals surface area contributed by atoms with Gasteiger partial charge in [-0.1, -0.05) is 17.7 Å². The lowest BCUT2D eigenvalue weighted by atomic mass is 10.1. The molecule has 0 fully saturated rings. The molecule has 0 saturated heterocycles. The van der Waals surface area contributed by atoms with E-state index in [1.807, 2.05) is 0 Å². The molecule has 0 amide bonds. The van der Waals surface area contributed by atoms with E-state index in [9.17, 15) is 4.39 Å². The molecular formula is C14H22ClFN2. The van der Waals surface area contributed by atoms with Crippen molar-refractivity contribution in [2.45, 2.75) is 39.3 Å². The second-order valence-electron chi connectivity index (χ2n) is 5.44. The molecule has 1 rings (SSSR count). The lowest BCUT2D eigenvalue weighted by molar-refractivity contribution is 0.418. The van der Waals surface area contributed by atoms with Crippen LogP contribution in [0.3, 0.4) is 0 Å². The largest absolute Gasteiger partial charge is 0.313 e. The lowest BCUT2D eigenvalue weighted by Crippen LogP contribution is -2.37. The fourth-order valence-corrected chi connectivity index (χ4v) is 1.72. The molecule has 0 atom stereocenters. The minimum absolute atomic E-state index is 0.155. The average molecular weight is 273 g/mol. The van der Waals surface area contributed by atoms with E-state index in [1.165, 1.54) is 6.07 Å². The summed E-state index contributed by atoms with van der Waals surface area (Å²) < 4.78 is 13.4. The van der Waals surface area contributed by atoms with Crippen molar-refractivity contribution < 1.29 is 4.39 Å². The van der Waals surface area contributed by atoms with Crippen molar-refractivity contribution >= 4 is 11.6 Å². The van der Waals surface area contributed by atoms with E-state index >= 15 is 0 Å². The van der Waals surface area contributed by atoms with Gasteiger partial charge in [-0.25, -0.2) is 4.39 Å². The zero-order valence-corrected chi connectivity index (χ0v) is 12.1. The van der Waals surface area contributed by atoms with Crippen LogP contribution in [0, 0.1) is 5.82 Å².